The number of quaternary nitrogens is 1. The van der Waals surface area contributed by atoms with Crippen molar-refractivity contribution in [2.24, 2.45) is 0 Å². The van der Waals surface area contributed by atoms with Crippen LogP contribution in [0.25, 0.3) is 0 Å². The molecule has 6 N–H and O–H groups in total. The van der Waals surface area contributed by atoms with Crippen molar-refractivity contribution in [1.82, 2.24) is 12.3 Å². The third kappa shape index (κ3) is 8.75. The van der Waals surface area contributed by atoms with E-state index in [0.717, 1.165) is 11.1 Å². The van der Waals surface area contributed by atoms with Gasteiger partial charge >= 0.3 is 0 Å². The summed E-state index contributed by atoms with van der Waals surface area (Å²) in [4.78, 5) is 1.09. The smallest absolute Gasteiger partial charge is 0.203 e. The molecule has 2 rings (SSSR count). The van der Waals surface area contributed by atoms with Gasteiger partial charge in [-0.1, -0.05) is 36.4 Å². The third-order valence-electron chi connectivity index (χ3n) is 5.35. The van der Waals surface area contributed by atoms with Crippen LogP contribution in [0.1, 0.15) is 38.8 Å². The monoisotopic (exact) mass is 458 g/mol. The zero-order chi connectivity index (χ0) is 21.2. The first kappa shape index (κ1) is 30.8. The summed E-state index contributed by atoms with van der Waals surface area (Å²) in [6, 6.07) is 14.4. The molecule has 0 saturated heterocycles. The zero-order valence-corrected chi connectivity index (χ0v) is 21.0. The molecular formula is C22H40N3O3S2+. The minimum absolute atomic E-state index is 0. The van der Waals surface area contributed by atoms with Crippen LogP contribution in [0.4, 0.5) is 0 Å². The van der Waals surface area contributed by atoms with Crippen molar-refractivity contribution < 1.29 is 16.5 Å². The second-order valence-electron chi connectivity index (χ2n) is 6.68. The highest BCUT2D eigenvalue weighted by Crippen LogP contribution is 2.19. The van der Waals surface area contributed by atoms with E-state index in [1.165, 1.54) is 30.7 Å². The maximum absolute atomic E-state index is 12.1. The number of benzene rings is 2. The maximum atomic E-state index is 12.1. The Kier molecular flexibility index (Phi) is 15.8. The Bertz CT molecular complexity index is 724. The SMILES string of the molecule is CC[N+](CC)(CC)CC.Cc1ccccc1S(=O)OS(=O)c1ccccc1C.N.N. The summed E-state index contributed by atoms with van der Waals surface area (Å²) < 4.78 is 30.5. The first-order valence-corrected chi connectivity index (χ1v) is 12.0. The van der Waals surface area contributed by atoms with E-state index >= 15 is 0 Å². The molecule has 0 spiro atoms. The summed E-state index contributed by atoms with van der Waals surface area (Å²) in [5.41, 5.74) is 1.70. The Balaban J connectivity index is 0. The first-order valence-electron chi connectivity index (χ1n) is 9.82. The molecule has 172 valence electrons. The van der Waals surface area contributed by atoms with Gasteiger partial charge < -0.3 is 16.8 Å². The van der Waals surface area contributed by atoms with E-state index in [1.807, 2.05) is 38.1 Å². The molecule has 0 aromatic heterocycles. The fourth-order valence-electron chi connectivity index (χ4n) is 2.96. The predicted octanol–water partition coefficient (Wildman–Crippen LogP) is 5.27. The highest BCUT2D eigenvalue weighted by molar-refractivity contribution is 7.93. The van der Waals surface area contributed by atoms with Crippen molar-refractivity contribution in [2.45, 2.75) is 51.3 Å². The van der Waals surface area contributed by atoms with Crippen LogP contribution in [0.5, 0.6) is 0 Å². The van der Waals surface area contributed by atoms with Crippen molar-refractivity contribution in [3.05, 3.63) is 59.7 Å². The van der Waals surface area contributed by atoms with Gasteiger partial charge in [0.1, 0.15) is 0 Å². The van der Waals surface area contributed by atoms with Crippen LogP contribution in [-0.2, 0) is 25.8 Å². The lowest BCUT2D eigenvalue weighted by Crippen LogP contribution is -2.47. The Morgan fingerprint density at radius 2 is 0.967 bits per heavy atom. The summed E-state index contributed by atoms with van der Waals surface area (Å²) >= 11 is -3.47. The predicted molar refractivity (Wildman–Crippen MR) is 129 cm³/mol. The molecule has 0 heterocycles. The van der Waals surface area contributed by atoms with Crippen LogP contribution in [-0.4, -0.2) is 39.1 Å². The van der Waals surface area contributed by atoms with E-state index in [-0.39, 0.29) is 12.3 Å². The standard InChI is InChI=1S/C14H14O3S2.C8H20N.2H3N/c1-11-7-3-5-9-13(11)18(15)17-19(16)14-10-6-4-8-12(14)2;1-5-9(6-2,7-3)8-4;;/h3-10H,1-2H3;5-8H2,1-4H3;2*1H3/q;+1;;. The average molecular weight is 459 g/mol. The molecule has 0 atom stereocenters. The van der Waals surface area contributed by atoms with Crippen LogP contribution < -0.4 is 12.3 Å². The van der Waals surface area contributed by atoms with Gasteiger partial charge in [-0.05, 0) is 64.8 Å². The Hall–Kier alpha value is -1.42. The van der Waals surface area contributed by atoms with Gasteiger partial charge in [0.2, 0.25) is 22.2 Å². The summed E-state index contributed by atoms with van der Waals surface area (Å²) in [7, 11) is 0. The quantitative estimate of drug-likeness (QED) is 0.523. The highest BCUT2D eigenvalue weighted by atomic mass is 32.3. The molecule has 6 nitrogen and oxygen atoms in total. The highest BCUT2D eigenvalue weighted by Gasteiger charge is 2.16. The summed E-state index contributed by atoms with van der Waals surface area (Å²) in [5.74, 6) is 0. The minimum Gasteiger partial charge on any atom is -0.344 e. The Morgan fingerprint density at radius 1 is 0.667 bits per heavy atom. The molecule has 0 aliphatic heterocycles. The number of rotatable bonds is 8. The second-order valence-corrected chi connectivity index (χ2v) is 9.04. The fourth-order valence-corrected chi connectivity index (χ4v) is 5.03. The molecule has 0 amide bonds. The molecule has 0 fully saturated rings. The minimum atomic E-state index is -1.73. The van der Waals surface area contributed by atoms with Crippen LogP contribution in [0, 0.1) is 13.8 Å². The summed E-state index contributed by atoms with van der Waals surface area (Å²) in [6.07, 6.45) is 0. The summed E-state index contributed by atoms with van der Waals surface area (Å²) in [5, 5.41) is 0. The van der Waals surface area contributed by atoms with Gasteiger partial charge in [-0.25, -0.2) is 8.42 Å². The first-order chi connectivity index (χ1) is 13.3. The van der Waals surface area contributed by atoms with Gasteiger partial charge in [0.05, 0.1) is 36.0 Å². The molecule has 2 aromatic rings. The van der Waals surface area contributed by atoms with E-state index in [2.05, 4.69) is 27.7 Å². The molecule has 0 radical (unpaired) electrons. The lowest BCUT2D eigenvalue weighted by molar-refractivity contribution is -0.921. The number of hydrogen-bond donors (Lipinski definition) is 2. The van der Waals surface area contributed by atoms with Crippen LogP contribution in [0.2, 0.25) is 0 Å². The molecule has 8 heteroatoms. The lowest BCUT2D eigenvalue weighted by atomic mass is 10.2. The lowest BCUT2D eigenvalue weighted by Gasteiger charge is -2.34. The molecule has 0 unspecified atom stereocenters. The topological polar surface area (TPSA) is 113 Å². The van der Waals surface area contributed by atoms with E-state index in [9.17, 15) is 8.42 Å². The van der Waals surface area contributed by atoms with Crippen molar-refractivity contribution in [3.8, 4) is 0 Å². The van der Waals surface area contributed by atoms with Crippen molar-refractivity contribution in [3.63, 3.8) is 0 Å². The van der Waals surface area contributed by atoms with Crippen molar-refractivity contribution >= 4 is 22.2 Å². The average Bonchev–Trinajstić information content (AvgIpc) is 2.71. The van der Waals surface area contributed by atoms with Crippen LogP contribution in [0.15, 0.2) is 58.3 Å². The largest absolute Gasteiger partial charge is 0.344 e. The van der Waals surface area contributed by atoms with E-state index < -0.39 is 22.2 Å². The van der Waals surface area contributed by atoms with Gasteiger partial charge in [-0.2, -0.15) is 3.63 Å². The van der Waals surface area contributed by atoms with E-state index in [0.29, 0.717) is 9.79 Å². The van der Waals surface area contributed by atoms with Crippen molar-refractivity contribution in [1.29, 1.82) is 0 Å². The number of hydrogen-bond acceptors (Lipinski definition) is 5. The van der Waals surface area contributed by atoms with Gasteiger partial charge in [0.15, 0.2) is 0 Å². The van der Waals surface area contributed by atoms with E-state index in [4.69, 9.17) is 3.63 Å². The van der Waals surface area contributed by atoms with Crippen molar-refractivity contribution in [2.75, 3.05) is 26.2 Å². The number of nitrogens with zero attached hydrogens (tertiary/aromatic N) is 1. The molecule has 0 bridgehead atoms. The molecule has 0 saturated carbocycles. The Morgan fingerprint density at radius 3 is 1.20 bits per heavy atom. The fraction of sp³-hybridized carbons (Fsp3) is 0.455. The van der Waals surface area contributed by atoms with Gasteiger partial charge in [-0.15, -0.1) is 0 Å². The number of aryl methyl sites for hydroxylation is 2. The Labute approximate surface area is 188 Å². The van der Waals surface area contributed by atoms with Crippen LogP contribution >= 0.6 is 0 Å². The molecule has 0 aliphatic rings. The molecule has 30 heavy (non-hydrogen) atoms. The molecular weight excluding hydrogens is 418 g/mol. The summed E-state index contributed by atoms with van der Waals surface area (Å²) in [6.45, 7) is 17.9. The second kappa shape index (κ2) is 15.4. The van der Waals surface area contributed by atoms with Gasteiger partial charge in [0.25, 0.3) is 0 Å². The third-order valence-corrected chi connectivity index (χ3v) is 7.98. The van der Waals surface area contributed by atoms with Gasteiger partial charge in [-0.3, -0.25) is 0 Å². The van der Waals surface area contributed by atoms with Crippen LogP contribution in [0.3, 0.4) is 0 Å². The zero-order valence-electron chi connectivity index (χ0n) is 19.3. The normalized spacial score (nSPS) is 12.5. The molecule has 2 aromatic carbocycles. The van der Waals surface area contributed by atoms with E-state index in [1.54, 1.807) is 24.3 Å². The van der Waals surface area contributed by atoms with Gasteiger partial charge in [0, 0.05) is 0 Å². The molecule has 0 aliphatic carbocycles. The maximum Gasteiger partial charge on any atom is 0.203 e.